The molecular formula is C14H13F3N2O. The number of carbonyl (C=O) groups excluding carboxylic acids is 1. The lowest BCUT2D eigenvalue weighted by atomic mass is 10.2. The molecule has 1 aromatic heterocycles. The maximum Gasteiger partial charge on any atom is 0.406 e. The fraction of sp³-hybridized carbons (Fsp3) is 0.214. The summed E-state index contributed by atoms with van der Waals surface area (Å²) in [5.41, 5.74) is 0.904. The van der Waals surface area contributed by atoms with Crippen molar-refractivity contribution in [2.24, 2.45) is 0 Å². The third kappa shape index (κ3) is 3.40. The average molecular weight is 282 g/mol. The van der Waals surface area contributed by atoms with Gasteiger partial charge in [0.2, 0.25) is 0 Å². The minimum atomic E-state index is -4.30. The Kier molecular flexibility index (Phi) is 3.83. The molecule has 0 aliphatic rings. The molecule has 2 aromatic rings. The molecule has 1 amide bonds. The van der Waals surface area contributed by atoms with E-state index in [1.165, 1.54) is 23.4 Å². The van der Waals surface area contributed by atoms with Crippen LogP contribution >= 0.6 is 0 Å². The van der Waals surface area contributed by atoms with E-state index in [1.807, 2.05) is 6.07 Å². The Morgan fingerprint density at radius 1 is 1.20 bits per heavy atom. The van der Waals surface area contributed by atoms with Gasteiger partial charge in [-0.1, -0.05) is 18.2 Å². The van der Waals surface area contributed by atoms with E-state index in [0.717, 1.165) is 4.57 Å². The van der Waals surface area contributed by atoms with Gasteiger partial charge in [-0.3, -0.25) is 4.79 Å². The van der Waals surface area contributed by atoms with E-state index in [-0.39, 0.29) is 11.5 Å². The van der Waals surface area contributed by atoms with Gasteiger partial charge in [0.25, 0.3) is 5.91 Å². The Bertz CT molecular complexity index is 590. The van der Waals surface area contributed by atoms with E-state index in [0.29, 0.717) is 5.69 Å². The quantitative estimate of drug-likeness (QED) is 0.847. The van der Waals surface area contributed by atoms with Crippen LogP contribution in [0.5, 0.6) is 0 Å². The van der Waals surface area contributed by atoms with Crippen molar-refractivity contribution in [3.8, 4) is 0 Å². The molecule has 6 heteroatoms. The van der Waals surface area contributed by atoms with Crippen molar-refractivity contribution in [1.29, 1.82) is 0 Å². The van der Waals surface area contributed by atoms with E-state index in [9.17, 15) is 18.0 Å². The number of para-hydroxylation sites is 1. The van der Waals surface area contributed by atoms with Crippen LogP contribution in [0.2, 0.25) is 0 Å². The van der Waals surface area contributed by atoms with Gasteiger partial charge in [-0.15, -0.1) is 0 Å². The highest BCUT2D eigenvalue weighted by Gasteiger charge is 2.28. The number of benzene rings is 1. The van der Waals surface area contributed by atoms with Crippen LogP contribution in [-0.2, 0) is 6.54 Å². The van der Waals surface area contributed by atoms with Crippen LogP contribution < -0.4 is 4.90 Å². The Labute approximate surface area is 114 Å². The fourth-order valence-corrected chi connectivity index (χ4v) is 1.84. The Morgan fingerprint density at radius 3 is 2.45 bits per heavy atom. The molecule has 3 nitrogen and oxygen atoms in total. The summed E-state index contributed by atoms with van der Waals surface area (Å²) in [6, 6.07) is 10.3. The Morgan fingerprint density at radius 2 is 1.85 bits per heavy atom. The third-order valence-electron chi connectivity index (χ3n) is 2.81. The molecule has 106 valence electrons. The van der Waals surface area contributed by atoms with Gasteiger partial charge in [-0.25, -0.2) is 0 Å². The van der Waals surface area contributed by atoms with E-state index >= 15 is 0 Å². The molecule has 2 rings (SSSR count). The Hall–Kier alpha value is -2.24. The highest BCUT2D eigenvalue weighted by atomic mass is 19.4. The molecule has 0 fully saturated rings. The van der Waals surface area contributed by atoms with E-state index in [4.69, 9.17) is 0 Å². The van der Waals surface area contributed by atoms with Crippen LogP contribution in [-0.4, -0.2) is 23.7 Å². The third-order valence-corrected chi connectivity index (χ3v) is 2.81. The summed E-state index contributed by atoms with van der Waals surface area (Å²) in [5, 5.41) is 0. The van der Waals surface area contributed by atoms with Crippen molar-refractivity contribution in [2.45, 2.75) is 12.7 Å². The number of amides is 1. The summed E-state index contributed by atoms with van der Waals surface area (Å²) in [6.45, 7) is -1.10. The van der Waals surface area contributed by atoms with Crippen LogP contribution in [0.1, 0.15) is 10.4 Å². The van der Waals surface area contributed by atoms with Gasteiger partial charge in [0, 0.05) is 25.1 Å². The minimum absolute atomic E-state index is 0.223. The summed E-state index contributed by atoms with van der Waals surface area (Å²) in [6.07, 6.45) is -1.85. The molecule has 0 radical (unpaired) electrons. The summed E-state index contributed by atoms with van der Waals surface area (Å²) in [4.78, 5) is 13.6. The lowest BCUT2D eigenvalue weighted by Crippen LogP contribution is -2.25. The minimum Gasteiger partial charge on any atom is -0.344 e. The zero-order valence-corrected chi connectivity index (χ0v) is 10.8. The maximum atomic E-state index is 12.3. The van der Waals surface area contributed by atoms with Crippen molar-refractivity contribution in [2.75, 3.05) is 11.9 Å². The fourth-order valence-electron chi connectivity index (χ4n) is 1.84. The molecule has 0 spiro atoms. The van der Waals surface area contributed by atoms with Crippen molar-refractivity contribution >= 4 is 11.6 Å². The standard InChI is InChI=1S/C14H13F3N2O/c1-18(12-5-3-2-4-6-12)13(20)11-7-8-19(9-11)10-14(15,16)17/h2-9H,10H2,1H3. The number of hydrogen-bond donors (Lipinski definition) is 0. The van der Waals surface area contributed by atoms with Gasteiger partial charge in [-0.2, -0.15) is 13.2 Å². The molecule has 1 aromatic carbocycles. The molecule has 0 saturated carbocycles. The SMILES string of the molecule is CN(C(=O)c1ccn(CC(F)(F)F)c1)c1ccccc1. The largest absolute Gasteiger partial charge is 0.406 e. The first kappa shape index (κ1) is 14.2. The van der Waals surface area contributed by atoms with Gasteiger partial charge in [0.05, 0.1) is 5.56 Å². The zero-order chi connectivity index (χ0) is 14.8. The first-order valence-electron chi connectivity index (χ1n) is 5.92. The molecule has 0 aliphatic heterocycles. The van der Waals surface area contributed by atoms with Crippen LogP contribution in [0.25, 0.3) is 0 Å². The van der Waals surface area contributed by atoms with Crippen molar-refractivity contribution in [1.82, 2.24) is 4.57 Å². The molecule has 20 heavy (non-hydrogen) atoms. The summed E-state index contributed by atoms with van der Waals surface area (Å²) in [5.74, 6) is -0.350. The zero-order valence-electron chi connectivity index (χ0n) is 10.8. The lowest BCUT2D eigenvalue weighted by molar-refractivity contribution is -0.140. The second kappa shape index (κ2) is 5.40. The topological polar surface area (TPSA) is 25.2 Å². The second-order valence-electron chi connectivity index (χ2n) is 4.39. The highest BCUT2D eigenvalue weighted by Crippen LogP contribution is 2.19. The van der Waals surface area contributed by atoms with Gasteiger partial charge in [0.1, 0.15) is 6.54 Å². The van der Waals surface area contributed by atoms with Crippen molar-refractivity contribution < 1.29 is 18.0 Å². The monoisotopic (exact) mass is 282 g/mol. The normalized spacial score (nSPS) is 11.4. The molecule has 0 aliphatic carbocycles. The average Bonchev–Trinajstić information content (AvgIpc) is 2.84. The first-order valence-corrected chi connectivity index (χ1v) is 5.92. The number of nitrogens with zero attached hydrogens (tertiary/aromatic N) is 2. The molecule has 0 atom stereocenters. The van der Waals surface area contributed by atoms with Crippen molar-refractivity contribution in [3.05, 3.63) is 54.4 Å². The lowest BCUT2D eigenvalue weighted by Gasteiger charge is -2.16. The summed E-state index contributed by atoms with van der Waals surface area (Å²) >= 11 is 0. The Balaban J connectivity index is 2.14. The van der Waals surface area contributed by atoms with Gasteiger partial charge >= 0.3 is 6.18 Å². The summed E-state index contributed by atoms with van der Waals surface area (Å²) in [7, 11) is 1.58. The predicted molar refractivity (Wildman–Crippen MR) is 69.7 cm³/mol. The number of carbonyl (C=O) groups is 1. The number of alkyl halides is 3. The molecule has 0 bridgehead atoms. The molecule has 0 N–H and O–H groups in total. The van der Waals surface area contributed by atoms with Gasteiger partial charge in [-0.05, 0) is 18.2 Å². The van der Waals surface area contributed by atoms with Crippen LogP contribution in [0.4, 0.5) is 18.9 Å². The maximum absolute atomic E-state index is 12.3. The highest BCUT2D eigenvalue weighted by molar-refractivity contribution is 6.05. The number of hydrogen-bond acceptors (Lipinski definition) is 1. The number of anilines is 1. The predicted octanol–water partition coefficient (Wildman–Crippen LogP) is 3.33. The van der Waals surface area contributed by atoms with E-state index in [1.54, 1.807) is 31.3 Å². The second-order valence-corrected chi connectivity index (χ2v) is 4.39. The molecule has 0 saturated heterocycles. The van der Waals surface area contributed by atoms with Crippen LogP contribution in [0.3, 0.4) is 0 Å². The van der Waals surface area contributed by atoms with Gasteiger partial charge in [0.15, 0.2) is 0 Å². The number of rotatable bonds is 3. The smallest absolute Gasteiger partial charge is 0.344 e. The molecular weight excluding hydrogens is 269 g/mol. The summed E-state index contributed by atoms with van der Waals surface area (Å²) < 4.78 is 37.7. The molecule has 1 heterocycles. The number of halogens is 3. The number of aromatic nitrogens is 1. The van der Waals surface area contributed by atoms with Crippen LogP contribution in [0.15, 0.2) is 48.8 Å². The first-order chi connectivity index (χ1) is 9.37. The van der Waals surface area contributed by atoms with E-state index in [2.05, 4.69) is 0 Å². The van der Waals surface area contributed by atoms with Gasteiger partial charge < -0.3 is 9.47 Å². The van der Waals surface area contributed by atoms with Crippen LogP contribution in [0, 0.1) is 0 Å². The van der Waals surface area contributed by atoms with E-state index < -0.39 is 12.7 Å². The molecule has 0 unspecified atom stereocenters. The van der Waals surface area contributed by atoms with Crippen molar-refractivity contribution in [3.63, 3.8) is 0 Å².